The van der Waals surface area contributed by atoms with Crippen LogP contribution in [0.4, 0.5) is 0 Å². The van der Waals surface area contributed by atoms with Crippen LogP contribution in [0.3, 0.4) is 0 Å². The van der Waals surface area contributed by atoms with E-state index in [4.69, 9.17) is 8.92 Å². The average molecular weight is 256 g/mol. The van der Waals surface area contributed by atoms with E-state index in [1.165, 1.54) is 0 Å². The van der Waals surface area contributed by atoms with Crippen molar-refractivity contribution in [2.24, 2.45) is 5.92 Å². The van der Waals surface area contributed by atoms with Gasteiger partial charge in [-0.1, -0.05) is 30.3 Å². The maximum atomic E-state index is 11.7. The lowest BCUT2D eigenvalue weighted by atomic mass is 10.1. The highest BCUT2D eigenvalue weighted by Gasteiger charge is 2.20. The second kappa shape index (κ2) is 5.62. The summed E-state index contributed by atoms with van der Waals surface area (Å²) >= 11 is 0. The topological polar surface area (TPSA) is 52.6 Å². The van der Waals surface area contributed by atoms with Crippen LogP contribution in [0.2, 0.25) is 0 Å². The van der Waals surface area contributed by atoms with Gasteiger partial charge in [0.05, 0.1) is 13.2 Å². The quantitative estimate of drug-likeness (QED) is 0.750. The Morgan fingerprint density at radius 1 is 1.29 bits per heavy atom. The molecule has 0 aromatic heterocycles. The third-order valence-corrected chi connectivity index (χ3v) is 3.88. The predicted molar refractivity (Wildman–Crippen MR) is 63.9 cm³/mol. The van der Waals surface area contributed by atoms with E-state index in [9.17, 15) is 8.42 Å². The van der Waals surface area contributed by atoms with E-state index in [1.807, 2.05) is 18.2 Å². The van der Waals surface area contributed by atoms with E-state index in [-0.39, 0.29) is 18.3 Å². The van der Waals surface area contributed by atoms with Gasteiger partial charge in [0.2, 0.25) is 0 Å². The molecule has 1 heterocycles. The number of hydrogen-bond donors (Lipinski definition) is 0. The van der Waals surface area contributed by atoms with Crippen LogP contribution in [-0.4, -0.2) is 28.2 Å². The Balaban J connectivity index is 1.86. The summed E-state index contributed by atoms with van der Waals surface area (Å²) in [5.41, 5.74) is 0.746. The summed E-state index contributed by atoms with van der Waals surface area (Å²) < 4.78 is 33.6. The number of benzene rings is 1. The molecule has 1 saturated heterocycles. The second-order valence-corrected chi connectivity index (χ2v) is 5.84. The predicted octanol–water partition coefficient (Wildman–Crippen LogP) is 1.57. The lowest BCUT2D eigenvalue weighted by Gasteiger charge is -2.09. The molecule has 1 atom stereocenters. The van der Waals surface area contributed by atoms with Crippen LogP contribution in [-0.2, 0) is 24.8 Å². The largest absolute Gasteiger partial charge is 0.381 e. The van der Waals surface area contributed by atoms with E-state index in [0.29, 0.717) is 13.2 Å². The minimum absolute atomic E-state index is 0.0680. The van der Waals surface area contributed by atoms with Gasteiger partial charge in [0.25, 0.3) is 10.1 Å². The molecule has 0 spiro atoms. The molecule has 0 saturated carbocycles. The van der Waals surface area contributed by atoms with E-state index in [1.54, 1.807) is 12.1 Å². The summed E-state index contributed by atoms with van der Waals surface area (Å²) in [6.45, 7) is 1.53. The summed E-state index contributed by atoms with van der Waals surface area (Å²) in [4.78, 5) is 0. The molecule has 5 heteroatoms. The molecule has 1 fully saturated rings. The third-order valence-electron chi connectivity index (χ3n) is 2.69. The molecule has 0 aliphatic carbocycles. The molecule has 1 aromatic carbocycles. The summed E-state index contributed by atoms with van der Waals surface area (Å²) in [5, 5.41) is 0. The minimum Gasteiger partial charge on any atom is -0.381 e. The van der Waals surface area contributed by atoms with Crippen LogP contribution in [0.1, 0.15) is 12.0 Å². The maximum Gasteiger partial charge on any atom is 0.271 e. The monoisotopic (exact) mass is 256 g/mol. The Kier molecular flexibility index (Phi) is 4.15. The van der Waals surface area contributed by atoms with Crippen LogP contribution in [0.25, 0.3) is 0 Å². The van der Waals surface area contributed by atoms with Gasteiger partial charge >= 0.3 is 0 Å². The van der Waals surface area contributed by atoms with Crippen molar-refractivity contribution < 1.29 is 17.3 Å². The van der Waals surface area contributed by atoms with Crippen LogP contribution in [0, 0.1) is 5.92 Å². The second-order valence-electron chi connectivity index (χ2n) is 4.20. The summed E-state index contributed by atoms with van der Waals surface area (Å²) in [6, 6.07) is 9.04. The fourth-order valence-corrected chi connectivity index (χ4v) is 2.82. The van der Waals surface area contributed by atoms with Crippen molar-refractivity contribution in [1.82, 2.24) is 0 Å². The highest BCUT2D eigenvalue weighted by molar-refractivity contribution is 7.85. The first-order valence-corrected chi connectivity index (χ1v) is 7.22. The summed E-state index contributed by atoms with van der Waals surface area (Å²) in [6.07, 6.45) is 0.876. The fourth-order valence-electron chi connectivity index (χ4n) is 1.73. The normalized spacial score (nSPS) is 20.6. The molecule has 0 radical (unpaired) electrons. The molecular formula is C12H16O4S. The van der Waals surface area contributed by atoms with E-state index < -0.39 is 10.1 Å². The molecular weight excluding hydrogens is 240 g/mol. The van der Waals surface area contributed by atoms with Crippen molar-refractivity contribution in [3.63, 3.8) is 0 Å². The molecule has 0 bridgehead atoms. The van der Waals surface area contributed by atoms with Gasteiger partial charge in [0, 0.05) is 12.5 Å². The summed E-state index contributed by atoms with van der Waals surface area (Å²) in [5.74, 6) is 0.141. The first-order chi connectivity index (χ1) is 8.16. The van der Waals surface area contributed by atoms with Crippen molar-refractivity contribution in [1.29, 1.82) is 0 Å². The molecule has 1 aliphatic heterocycles. The first kappa shape index (κ1) is 12.5. The van der Waals surface area contributed by atoms with Crippen molar-refractivity contribution in [3.05, 3.63) is 35.9 Å². The van der Waals surface area contributed by atoms with Gasteiger partial charge in [0.1, 0.15) is 5.75 Å². The van der Waals surface area contributed by atoms with Gasteiger partial charge in [-0.25, -0.2) is 0 Å². The minimum atomic E-state index is -3.48. The van der Waals surface area contributed by atoms with Crippen molar-refractivity contribution >= 4 is 10.1 Å². The van der Waals surface area contributed by atoms with Gasteiger partial charge in [-0.2, -0.15) is 8.42 Å². The van der Waals surface area contributed by atoms with Crippen molar-refractivity contribution in [2.45, 2.75) is 12.2 Å². The molecule has 17 heavy (non-hydrogen) atoms. The molecule has 2 rings (SSSR count). The Hall–Kier alpha value is -0.910. The van der Waals surface area contributed by atoms with E-state index in [2.05, 4.69) is 0 Å². The Bertz CT molecular complexity index is 435. The van der Waals surface area contributed by atoms with E-state index >= 15 is 0 Å². The SMILES string of the molecule is O=S(=O)(Cc1ccccc1)OCC1CCOC1. The Morgan fingerprint density at radius 3 is 2.71 bits per heavy atom. The Morgan fingerprint density at radius 2 is 2.06 bits per heavy atom. The average Bonchev–Trinajstić information content (AvgIpc) is 2.80. The van der Waals surface area contributed by atoms with Crippen LogP contribution < -0.4 is 0 Å². The zero-order chi connectivity index (χ0) is 12.1. The van der Waals surface area contributed by atoms with Gasteiger partial charge in [-0.15, -0.1) is 0 Å². The molecule has 1 unspecified atom stereocenters. The lowest BCUT2D eigenvalue weighted by Crippen LogP contribution is -2.16. The third kappa shape index (κ3) is 4.11. The molecule has 1 aromatic rings. The number of hydrogen-bond acceptors (Lipinski definition) is 4. The highest BCUT2D eigenvalue weighted by Crippen LogP contribution is 2.15. The van der Waals surface area contributed by atoms with Gasteiger partial charge in [0.15, 0.2) is 0 Å². The standard InChI is InChI=1S/C12H16O4S/c13-17(14,10-11-4-2-1-3-5-11)16-9-12-6-7-15-8-12/h1-5,12H,6-10H2. The maximum absolute atomic E-state index is 11.7. The lowest BCUT2D eigenvalue weighted by molar-refractivity contribution is 0.168. The van der Waals surface area contributed by atoms with Gasteiger partial charge < -0.3 is 4.74 Å². The number of ether oxygens (including phenoxy) is 1. The zero-order valence-corrected chi connectivity index (χ0v) is 10.4. The van der Waals surface area contributed by atoms with Gasteiger partial charge in [-0.05, 0) is 12.0 Å². The van der Waals surface area contributed by atoms with Crippen molar-refractivity contribution in [3.8, 4) is 0 Å². The molecule has 0 amide bonds. The highest BCUT2D eigenvalue weighted by atomic mass is 32.2. The van der Waals surface area contributed by atoms with Crippen LogP contribution in [0.5, 0.6) is 0 Å². The van der Waals surface area contributed by atoms with Crippen LogP contribution >= 0.6 is 0 Å². The van der Waals surface area contributed by atoms with Crippen molar-refractivity contribution in [2.75, 3.05) is 19.8 Å². The summed E-state index contributed by atoms with van der Waals surface area (Å²) in [7, 11) is -3.48. The zero-order valence-electron chi connectivity index (χ0n) is 9.54. The van der Waals surface area contributed by atoms with Crippen LogP contribution in [0.15, 0.2) is 30.3 Å². The van der Waals surface area contributed by atoms with Gasteiger partial charge in [-0.3, -0.25) is 4.18 Å². The number of rotatable bonds is 5. The fraction of sp³-hybridized carbons (Fsp3) is 0.500. The van der Waals surface area contributed by atoms with E-state index in [0.717, 1.165) is 12.0 Å². The Labute approximate surface area is 102 Å². The first-order valence-electron chi connectivity index (χ1n) is 5.64. The smallest absolute Gasteiger partial charge is 0.271 e. The molecule has 4 nitrogen and oxygen atoms in total. The molecule has 1 aliphatic rings. The molecule has 94 valence electrons. The molecule has 0 N–H and O–H groups in total.